The van der Waals surface area contributed by atoms with Gasteiger partial charge in [0, 0.05) is 22.3 Å². The molecule has 0 saturated carbocycles. The second kappa shape index (κ2) is 6.41. The molecule has 0 heterocycles. The smallest absolute Gasteiger partial charge is 0.369 e. The van der Waals surface area contributed by atoms with Gasteiger partial charge in [0.2, 0.25) is 0 Å². The molecule has 0 N–H and O–H groups in total. The number of carbonyl (C=O) groups excluding carboxylic acids is 2. The lowest BCUT2D eigenvalue weighted by molar-refractivity contribution is -0.303. The normalized spacial score (nSPS) is 14.8. The lowest BCUT2D eigenvalue weighted by Crippen LogP contribution is -2.21. The first-order valence-corrected chi connectivity index (χ1v) is 9.17. The fourth-order valence-corrected chi connectivity index (χ4v) is 4.29. The summed E-state index contributed by atoms with van der Waals surface area (Å²) < 4.78 is 41.4. The van der Waals surface area contributed by atoms with Crippen LogP contribution in [0.3, 0.4) is 0 Å². The van der Waals surface area contributed by atoms with Gasteiger partial charge in [0.15, 0.2) is 5.78 Å². The van der Waals surface area contributed by atoms with Gasteiger partial charge in [0.1, 0.15) is 11.6 Å². The Labute approximate surface area is 173 Å². The van der Waals surface area contributed by atoms with Crippen molar-refractivity contribution in [3.63, 3.8) is 0 Å². The number of ketones is 1. The van der Waals surface area contributed by atoms with Crippen LogP contribution in [-0.2, 0) is 9.53 Å². The Hall–Kier alpha value is -4.18. The molecule has 7 heteroatoms. The molecule has 4 nitrogen and oxygen atoms in total. The van der Waals surface area contributed by atoms with Crippen LogP contribution in [0.25, 0.3) is 27.8 Å². The van der Waals surface area contributed by atoms with Crippen LogP contribution in [0.2, 0.25) is 0 Å². The highest BCUT2D eigenvalue weighted by Gasteiger charge is 2.40. The van der Waals surface area contributed by atoms with Gasteiger partial charge in [-0.1, -0.05) is 60.7 Å². The third-order valence-electron chi connectivity index (χ3n) is 5.40. The minimum Gasteiger partial charge on any atom is -0.369 e. The number of benzene rings is 3. The van der Waals surface area contributed by atoms with E-state index in [2.05, 4.69) is 4.74 Å². The van der Waals surface area contributed by atoms with Crippen LogP contribution in [0.1, 0.15) is 27.0 Å². The minimum atomic E-state index is -5.23. The Morgan fingerprint density at radius 2 is 1.35 bits per heavy atom. The van der Waals surface area contributed by atoms with Gasteiger partial charge < -0.3 is 4.74 Å². The summed E-state index contributed by atoms with van der Waals surface area (Å²) in [6.45, 7) is 0. The summed E-state index contributed by atoms with van der Waals surface area (Å²) in [5.41, 5.74) is 3.45. The highest BCUT2D eigenvalue weighted by atomic mass is 19.4. The number of nitrogens with zero attached hydrogens (tertiary/aromatic N) is 1. The van der Waals surface area contributed by atoms with Crippen LogP contribution in [0, 0.1) is 11.3 Å². The quantitative estimate of drug-likeness (QED) is 0.212. The number of ether oxygens (including phenoxy) is 1. The molecular formula is C24H10F3NO3. The lowest BCUT2D eigenvalue weighted by atomic mass is 9.93. The predicted octanol–water partition coefficient (Wildman–Crippen LogP) is 5.27. The van der Waals surface area contributed by atoms with Crippen molar-refractivity contribution in [3.8, 4) is 28.3 Å². The molecule has 5 rings (SSSR count). The summed E-state index contributed by atoms with van der Waals surface area (Å²) in [4.78, 5) is 25.4. The molecule has 2 aliphatic rings. The van der Waals surface area contributed by atoms with E-state index in [9.17, 15) is 28.0 Å². The van der Waals surface area contributed by atoms with Crippen molar-refractivity contribution < 1.29 is 27.5 Å². The van der Waals surface area contributed by atoms with Crippen LogP contribution < -0.4 is 0 Å². The van der Waals surface area contributed by atoms with Crippen molar-refractivity contribution in [1.82, 2.24) is 0 Å². The topological polar surface area (TPSA) is 67.2 Å². The molecule has 0 atom stereocenters. The van der Waals surface area contributed by atoms with E-state index >= 15 is 0 Å². The fourth-order valence-electron chi connectivity index (χ4n) is 4.29. The average Bonchev–Trinajstić information content (AvgIpc) is 3.21. The predicted molar refractivity (Wildman–Crippen MR) is 105 cm³/mol. The summed E-state index contributed by atoms with van der Waals surface area (Å²) in [7, 11) is 0. The van der Waals surface area contributed by atoms with Gasteiger partial charge >= 0.3 is 12.3 Å². The van der Waals surface area contributed by atoms with Gasteiger partial charge in [0.25, 0.3) is 0 Å². The van der Waals surface area contributed by atoms with E-state index < -0.39 is 17.9 Å². The molecule has 0 aromatic heterocycles. The van der Waals surface area contributed by atoms with Gasteiger partial charge in [-0.15, -0.1) is 13.2 Å². The average molecular weight is 417 g/mol. The van der Waals surface area contributed by atoms with E-state index in [1.165, 1.54) is 0 Å². The number of rotatable bonds is 1. The van der Waals surface area contributed by atoms with Crippen molar-refractivity contribution in [2.75, 3.05) is 0 Å². The van der Waals surface area contributed by atoms with E-state index in [-0.39, 0.29) is 11.4 Å². The molecule has 0 aliphatic heterocycles. The Bertz CT molecular complexity index is 1390. The highest BCUT2D eigenvalue weighted by Crippen LogP contribution is 2.52. The molecule has 0 bridgehead atoms. The molecule has 3 aromatic rings. The molecule has 0 amide bonds. The molecule has 3 aromatic carbocycles. The number of alkyl halides is 3. The first-order chi connectivity index (χ1) is 14.8. The van der Waals surface area contributed by atoms with Crippen molar-refractivity contribution >= 4 is 17.3 Å². The van der Waals surface area contributed by atoms with Crippen LogP contribution in [0.4, 0.5) is 13.2 Å². The number of hydrogen-bond donors (Lipinski definition) is 0. The molecule has 2 aliphatic carbocycles. The summed E-state index contributed by atoms with van der Waals surface area (Å²) in [6, 6.07) is 18.7. The van der Waals surface area contributed by atoms with E-state index in [4.69, 9.17) is 0 Å². The maximum atomic E-state index is 13.2. The first-order valence-electron chi connectivity index (χ1n) is 9.17. The maximum Gasteiger partial charge on any atom is 0.575 e. The third-order valence-corrected chi connectivity index (χ3v) is 5.40. The second-order valence-electron chi connectivity index (χ2n) is 7.03. The molecule has 150 valence electrons. The third kappa shape index (κ3) is 2.69. The fraction of sp³-hybridized carbons (Fsp3) is 0.0417. The van der Waals surface area contributed by atoms with E-state index in [1.54, 1.807) is 54.6 Å². The highest BCUT2D eigenvalue weighted by molar-refractivity contribution is 6.27. The van der Waals surface area contributed by atoms with Crippen LogP contribution in [0.5, 0.6) is 0 Å². The van der Waals surface area contributed by atoms with Crippen LogP contribution in [0.15, 0.2) is 66.2 Å². The molecule has 0 fully saturated rings. The Kier molecular flexibility index (Phi) is 3.89. The van der Waals surface area contributed by atoms with E-state index in [1.807, 2.05) is 12.1 Å². The summed E-state index contributed by atoms with van der Waals surface area (Å²) >= 11 is 0. The maximum absolute atomic E-state index is 13.2. The van der Waals surface area contributed by atoms with Gasteiger partial charge in [-0.3, -0.25) is 4.79 Å². The standard InChI is InChI=1S/C24H10F3NO3/c25-24(26,27)31-23(30)18(11-28)19-13-6-2-3-7-14(13)20-17(19)10-9-15-12-5-1-4-8-16(12)22(29)21(15)20/h1-10H/b19-18-. The Morgan fingerprint density at radius 1 is 0.774 bits per heavy atom. The Balaban J connectivity index is 1.82. The number of fused-ring (bicyclic) bond motifs is 7. The molecule has 0 spiro atoms. The van der Waals surface area contributed by atoms with Gasteiger partial charge in [-0.2, -0.15) is 5.26 Å². The number of hydrogen-bond acceptors (Lipinski definition) is 4. The molecule has 0 saturated heterocycles. The van der Waals surface area contributed by atoms with Gasteiger partial charge in [-0.05, 0) is 27.8 Å². The molecule has 0 unspecified atom stereocenters. The van der Waals surface area contributed by atoms with Crippen molar-refractivity contribution in [2.45, 2.75) is 6.36 Å². The molecule has 31 heavy (non-hydrogen) atoms. The molecular weight excluding hydrogens is 407 g/mol. The van der Waals surface area contributed by atoms with E-state index in [0.717, 1.165) is 5.56 Å². The van der Waals surface area contributed by atoms with Crippen LogP contribution >= 0.6 is 0 Å². The minimum absolute atomic E-state index is 0.0221. The lowest BCUT2D eigenvalue weighted by Gasteiger charge is -2.10. The van der Waals surface area contributed by atoms with E-state index in [0.29, 0.717) is 38.9 Å². The zero-order valence-electron chi connectivity index (χ0n) is 15.6. The largest absolute Gasteiger partial charge is 0.575 e. The molecule has 0 radical (unpaired) electrons. The number of halogens is 3. The summed E-state index contributed by atoms with van der Waals surface area (Å²) in [5, 5.41) is 9.55. The first kappa shape index (κ1) is 18.8. The van der Waals surface area contributed by atoms with Gasteiger partial charge in [-0.25, -0.2) is 4.79 Å². The van der Waals surface area contributed by atoms with Crippen LogP contribution in [-0.4, -0.2) is 18.1 Å². The monoisotopic (exact) mass is 417 g/mol. The summed E-state index contributed by atoms with van der Waals surface area (Å²) in [5.74, 6) is -2.00. The van der Waals surface area contributed by atoms with Crippen molar-refractivity contribution in [2.24, 2.45) is 0 Å². The van der Waals surface area contributed by atoms with Gasteiger partial charge in [0.05, 0.1) is 0 Å². The van der Waals surface area contributed by atoms with Crippen molar-refractivity contribution in [3.05, 3.63) is 88.5 Å². The number of esters is 1. The Morgan fingerprint density at radius 3 is 2.00 bits per heavy atom. The number of carbonyl (C=O) groups is 2. The summed E-state index contributed by atoms with van der Waals surface area (Å²) in [6.07, 6.45) is -5.23. The number of nitriles is 1. The zero-order valence-corrected chi connectivity index (χ0v) is 15.6. The SMILES string of the molecule is N#C/C(C(=O)OC(F)(F)F)=C1\c2ccccc2-c2c1ccc1c2C(=O)c2ccccc2-1. The zero-order chi connectivity index (χ0) is 21.9. The van der Waals surface area contributed by atoms with Crippen molar-refractivity contribution in [1.29, 1.82) is 5.26 Å². The second-order valence-corrected chi connectivity index (χ2v) is 7.03.